The molecule has 0 bridgehead atoms. The molecule has 12 heteroatoms. The van der Waals surface area contributed by atoms with Crippen molar-refractivity contribution in [1.29, 1.82) is 0 Å². The van der Waals surface area contributed by atoms with Gasteiger partial charge in [0.05, 0.1) is 19.6 Å². The van der Waals surface area contributed by atoms with Gasteiger partial charge < -0.3 is 0 Å². The maximum atomic E-state index is 15.7. The van der Waals surface area contributed by atoms with E-state index in [1.54, 1.807) is 30.3 Å². The summed E-state index contributed by atoms with van der Waals surface area (Å²) < 4.78 is 146. The van der Waals surface area contributed by atoms with Crippen LogP contribution in [0.2, 0.25) is 0 Å². The first kappa shape index (κ1) is 27.5. The second-order valence-corrected chi connectivity index (χ2v) is 14.0. The van der Waals surface area contributed by atoms with Crippen molar-refractivity contribution in [3.05, 3.63) is 105 Å². The van der Waals surface area contributed by atoms with Crippen LogP contribution in [-0.2, 0) is 19.7 Å². The fourth-order valence-corrected chi connectivity index (χ4v) is 8.74. The van der Waals surface area contributed by atoms with Crippen LogP contribution in [0.15, 0.2) is 104 Å². The lowest BCUT2D eigenvalue weighted by Crippen LogP contribution is -2.49. The van der Waals surface area contributed by atoms with Gasteiger partial charge in [0.1, 0.15) is 0 Å². The van der Waals surface area contributed by atoms with Crippen molar-refractivity contribution in [2.24, 2.45) is 0 Å². The van der Waals surface area contributed by atoms with Crippen molar-refractivity contribution in [1.82, 2.24) is 0 Å². The molecule has 0 saturated heterocycles. The summed E-state index contributed by atoms with van der Waals surface area (Å²) in [5, 5.41) is 0. The van der Waals surface area contributed by atoms with Gasteiger partial charge in [0.2, 0.25) is 19.7 Å². The third kappa shape index (κ3) is 3.28. The van der Waals surface area contributed by atoms with Gasteiger partial charge in [-0.1, -0.05) is 60.7 Å². The van der Waals surface area contributed by atoms with E-state index < -0.39 is 90.5 Å². The maximum absolute atomic E-state index is 15.7. The van der Waals surface area contributed by atoms with E-state index in [2.05, 4.69) is 0 Å². The molecule has 3 aromatic rings. The Labute approximate surface area is 231 Å². The lowest BCUT2D eigenvalue weighted by molar-refractivity contribution is -0.263. The Bertz CT molecular complexity index is 2010. The molecule has 0 fully saturated rings. The number of halogens is 6. The van der Waals surface area contributed by atoms with Gasteiger partial charge >= 0.3 is 17.8 Å². The number of hydrogen-bond donors (Lipinski definition) is 0. The number of sulfone groups is 2. The molecular weight excluding hydrogens is 590 g/mol. The summed E-state index contributed by atoms with van der Waals surface area (Å²) in [5.41, 5.74) is -5.82. The van der Waals surface area contributed by atoms with Crippen molar-refractivity contribution in [2.75, 3.05) is 0 Å². The Balaban J connectivity index is 1.73. The monoisotopic (exact) mass is 608 g/mol. The normalized spacial score (nSPS) is 22.7. The summed E-state index contributed by atoms with van der Waals surface area (Å²) in [4.78, 5) is -2.67. The molecule has 41 heavy (non-hydrogen) atoms. The molecule has 0 unspecified atom stereocenters. The summed E-state index contributed by atoms with van der Waals surface area (Å²) in [6, 6.07) is 16.7. The molecular formula is C29H18F6O4S2. The Morgan fingerprint density at radius 3 is 1.56 bits per heavy atom. The van der Waals surface area contributed by atoms with E-state index in [1.165, 1.54) is 24.3 Å². The summed E-state index contributed by atoms with van der Waals surface area (Å²) >= 11 is 0. The van der Waals surface area contributed by atoms with Crippen LogP contribution in [0.5, 0.6) is 0 Å². The molecule has 3 aromatic carbocycles. The minimum atomic E-state index is -6.01. The molecule has 2 heterocycles. The molecule has 0 radical (unpaired) electrons. The second kappa shape index (κ2) is 8.22. The molecule has 0 atom stereocenters. The minimum Gasteiger partial charge on any atom is -0.219 e. The molecule has 0 saturated carbocycles. The zero-order valence-electron chi connectivity index (χ0n) is 21.1. The van der Waals surface area contributed by atoms with E-state index >= 15 is 26.3 Å². The quantitative estimate of drug-likeness (QED) is 0.293. The molecule has 0 aromatic heterocycles. The van der Waals surface area contributed by atoms with E-state index in [0.717, 1.165) is 32.0 Å². The number of allylic oxidation sites excluding steroid dienone is 6. The summed E-state index contributed by atoms with van der Waals surface area (Å²) in [6.45, 7) is 1.75. The largest absolute Gasteiger partial charge is 0.380 e. The second-order valence-electron chi connectivity index (χ2n) is 9.92. The van der Waals surface area contributed by atoms with Crippen molar-refractivity contribution in [2.45, 2.75) is 41.4 Å². The van der Waals surface area contributed by atoms with Crippen LogP contribution >= 0.6 is 0 Å². The Morgan fingerprint density at radius 2 is 1.00 bits per heavy atom. The predicted molar refractivity (Wildman–Crippen MR) is 140 cm³/mol. The molecule has 4 nitrogen and oxygen atoms in total. The van der Waals surface area contributed by atoms with Crippen LogP contribution in [0.3, 0.4) is 0 Å². The molecule has 3 aliphatic rings. The van der Waals surface area contributed by atoms with Crippen molar-refractivity contribution in [3.8, 4) is 11.1 Å². The Morgan fingerprint density at radius 1 is 0.537 bits per heavy atom. The molecule has 212 valence electrons. The van der Waals surface area contributed by atoms with E-state index in [1.807, 2.05) is 0 Å². The van der Waals surface area contributed by atoms with Gasteiger partial charge in [-0.05, 0) is 37.1 Å². The molecule has 0 N–H and O–H groups in total. The number of benzene rings is 3. The van der Waals surface area contributed by atoms with Gasteiger partial charge in [-0.25, -0.2) is 16.8 Å². The molecule has 0 spiro atoms. The van der Waals surface area contributed by atoms with Gasteiger partial charge in [-0.2, -0.15) is 26.3 Å². The van der Waals surface area contributed by atoms with Crippen LogP contribution in [-0.4, -0.2) is 34.6 Å². The standard InChI is InChI=1S/C29H18F6O4S2/c1-15-23(19-10-6-7-11-21(19)40(15,36)37)25-26(28(32,33)29(34,35)27(25,30)31)24-16(2)41(38,39)22-14-18(12-13-20(22)24)17-8-4-3-5-9-17/h3-14H,1-2H3. The van der Waals surface area contributed by atoms with E-state index in [-0.39, 0.29) is 0 Å². The van der Waals surface area contributed by atoms with Crippen LogP contribution in [0.1, 0.15) is 25.0 Å². The van der Waals surface area contributed by atoms with Crippen LogP contribution < -0.4 is 0 Å². The number of fused-ring (bicyclic) bond motifs is 2. The minimum absolute atomic E-state index is 0.361. The molecule has 1 aliphatic carbocycles. The van der Waals surface area contributed by atoms with Gasteiger partial charge in [-0.3, -0.25) is 0 Å². The highest BCUT2D eigenvalue weighted by atomic mass is 32.2. The third-order valence-electron chi connectivity index (χ3n) is 7.77. The molecule has 2 aliphatic heterocycles. The number of rotatable bonds is 3. The van der Waals surface area contributed by atoms with Gasteiger partial charge in [-0.15, -0.1) is 0 Å². The highest BCUT2D eigenvalue weighted by molar-refractivity contribution is 7.96. The van der Waals surface area contributed by atoms with Crippen molar-refractivity contribution < 1.29 is 43.2 Å². The predicted octanol–water partition coefficient (Wildman–Crippen LogP) is 7.31. The fourth-order valence-electron chi connectivity index (χ4n) is 5.66. The van der Waals surface area contributed by atoms with E-state index in [9.17, 15) is 16.8 Å². The highest BCUT2D eigenvalue weighted by Crippen LogP contribution is 2.67. The lowest BCUT2D eigenvalue weighted by Gasteiger charge is -2.26. The summed E-state index contributed by atoms with van der Waals surface area (Å²) in [6.07, 6.45) is 0. The van der Waals surface area contributed by atoms with Crippen molar-refractivity contribution >= 4 is 30.8 Å². The van der Waals surface area contributed by atoms with Crippen LogP contribution in [0, 0.1) is 0 Å². The number of alkyl halides is 6. The van der Waals surface area contributed by atoms with Gasteiger partial charge in [0.25, 0.3) is 0 Å². The third-order valence-corrected chi connectivity index (χ3v) is 11.6. The highest BCUT2D eigenvalue weighted by Gasteiger charge is 2.81. The summed E-state index contributed by atoms with van der Waals surface area (Å²) in [5.74, 6) is -17.2. The lowest BCUT2D eigenvalue weighted by atomic mass is 9.87. The summed E-state index contributed by atoms with van der Waals surface area (Å²) in [7, 11) is -9.07. The Kier molecular flexibility index (Phi) is 5.52. The molecule has 6 rings (SSSR count). The Hall–Kier alpha value is -3.64. The average Bonchev–Trinajstić information content (AvgIpc) is 3.29. The first-order valence-corrected chi connectivity index (χ1v) is 15.1. The maximum Gasteiger partial charge on any atom is 0.380 e. The average molecular weight is 609 g/mol. The zero-order chi connectivity index (χ0) is 29.9. The van der Waals surface area contributed by atoms with Crippen molar-refractivity contribution in [3.63, 3.8) is 0 Å². The smallest absolute Gasteiger partial charge is 0.219 e. The van der Waals surface area contributed by atoms with E-state index in [0.29, 0.717) is 11.1 Å². The molecule has 0 amide bonds. The number of hydrogen-bond acceptors (Lipinski definition) is 4. The fraction of sp³-hybridized carbons (Fsp3) is 0.172. The van der Waals surface area contributed by atoms with Gasteiger partial charge in [0.15, 0.2) is 0 Å². The van der Waals surface area contributed by atoms with E-state index in [4.69, 9.17) is 0 Å². The first-order valence-electron chi connectivity index (χ1n) is 12.1. The zero-order valence-corrected chi connectivity index (χ0v) is 22.8. The first-order chi connectivity index (χ1) is 19.0. The topological polar surface area (TPSA) is 68.3 Å². The SMILES string of the molecule is CC1=C(C2=C(C3=C(C)S(=O)(=O)c4cc(-c5ccccc5)ccc43)C(F)(F)C(F)(F)C2(F)F)c2ccccc2S1(=O)=O. The van der Waals surface area contributed by atoms with Crippen LogP contribution in [0.25, 0.3) is 22.3 Å². The van der Waals surface area contributed by atoms with Gasteiger partial charge in [0, 0.05) is 33.4 Å². The van der Waals surface area contributed by atoms with Crippen LogP contribution in [0.4, 0.5) is 26.3 Å².